The van der Waals surface area contributed by atoms with Gasteiger partial charge in [0.15, 0.2) is 5.82 Å². The van der Waals surface area contributed by atoms with Crippen LogP contribution in [0, 0.1) is 0 Å². The number of anilines is 1. The van der Waals surface area contributed by atoms with Crippen molar-refractivity contribution in [2.75, 3.05) is 5.32 Å². The lowest BCUT2D eigenvalue weighted by Crippen LogP contribution is -2.09. The molecule has 1 aromatic carbocycles. The van der Waals surface area contributed by atoms with Gasteiger partial charge >= 0.3 is 0 Å². The highest BCUT2D eigenvalue weighted by Crippen LogP contribution is 2.38. The van der Waals surface area contributed by atoms with Crippen LogP contribution in [0.2, 0.25) is 5.02 Å². The van der Waals surface area contributed by atoms with E-state index >= 15 is 0 Å². The monoisotopic (exact) mass is 382 g/mol. The number of aromatic amines is 1. The minimum absolute atomic E-state index is 0.166. The molecule has 0 saturated heterocycles. The zero-order chi connectivity index (χ0) is 18.1. The molecular weight excluding hydrogens is 368 g/mol. The fourth-order valence-electron chi connectivity index (χ4n) is 2.79. The second-order valence-electron chi connectivity index (χ2n) is 5.93. The van der Waals surface area contributed by atoms with Crippen molar-refractivity contribution in [2.24, 2.45) is 0 Å². The summed E-state index contributed by atoms with van der Waals surface area (Å²) in [6.07, 6.45) is 4.50. The van der Waals surface area contributed by atoms with Gasteiger partial charge in [0.1, 0.15) is 0 Å². The van der Waals surface area contributed by atoms with Gasteiger partial charge in [-0.3, -0.25) is 4.79 Å². The maximum Gasteiger partial charge on any atom is 0.222 e. The third-order valence-electron chi connectivity index (χ3n) is 3.99. The number of nitrogens with one attached hydrogen (secondary N) is 2. The average Bonchev–Trinajstić information content (AvgIpc) is 3.27. The Morgan fingerprint density at radius 1 is 1.23 bits per heavy atom. The quantitative estimate of drug-likeness (QED) is 0.528. The maximum atomic E-state index is 11.5. The molecule has 5 nitrogen and oxygen atoms in total. The van der Waals surface area contributed by atoms with Crippen LogP contribution in [0.1, 0.15) is 18.2 Å². The van der Waals surface area contributed by atoms with Crippen LogP contribution in [0.3, 0.4) is 0 Å². The number of H-pyrrole nitrogens is 1. The molecule has 4 aromatic rings. The number of hydrogen-bond acceptors (Lipinski definition) is 4. The Morgan fingerprint density at radius 3 is 2.73 bits per heavy atom. The SMILES string of the molecule is CC(=O)Nc1nnc(Cc2cc[nH]c2)c2cc(-c3ccc(Cl)cc3)sc12. The lowest BCUT2D eigenvalue weighted by atomic mass is 10.1. The number of aromatic nitrogens is 3. The van der Waals surface area contributed by atoms with E-state index in [-0.39, 0.29) is 5.91 Å². The van der Waals surface area contributed by atoms with E-state index in [9.17, 15) is 4.79 Å². The van der Waals surface area contributed by atoms with E-state index in [0.717, 1.165) is 31.8 Å². The van der Waals surface area contributed by atoms with Crippen LogP contribution >= 0.6 is 22.9 Å². The zero-order valence-corrected chi connectivity index (χ0v) is 15.5. The van der Waals surface area contributed by atoms with Crippen LogP contribution in [0.25, 0.3) is 20.5 Å². The first-order valence-corrected chi connectivity index (χ1v) is 9.24. The van der Waals surface area contributed by atoms with Crippen molar-refractivity contribution in [3.63, 3.8) is 0 Å². The highest BCUT2D eigenvalue weighted by atomic mass is 35.5. The maximum absolute atomic E-state index is 11.5. The molecule has 0 atom stereocenters. The summed E-state index contributed by atoms with van der Waals surface area (Å²) >= 11 is 7.58. The summed E-state index contributed by atoms with van der Waals surface area (Å²) in [5.41, 5.74) is 3.08. The third-order valence-corrected chi connectivity index (χ3v) is 5.43. The van der Waals surface area contributed by atoms with Crippen LogP contribution < -0.4 is 5.32 Å². The Morgan fingerprint density at radius 2 is 2.04 bits per heavy atom. The van der Waals surface area contributed by atoms with Gasteiger partial charge in [0.05, 0.1) is 10.4 Å². The second kappa shape index (κ2) is 6.90. The van der Waals surface area contributed by atoms with E-state index in [4.69, 9.17) is 11.6 Å². The minimum atomic E-state index is -0.166. The lowest BCUT2D eigenvalue weighted by molar-refractivity contribution is -0.114. The first-order valence-electron chi connectivity index (χ1n) is 8.04. The van der Waals surface area contributed by atoms with Crippen molar-refractivity contribution in [3.8, 4) is 10.4 Å². The normalized spacial score (nSPS) is 11.0. The Kier molecular flexibility index (Phi) is 4.44. The fourth-order valence-corrected chi connectivity index (χ4v) is 4.04. The highest BCUT2D eigenvalue weighted by molar-refractivity contribution is 7.22. The van der Waals surface area contributed by atoms with E-state index in [2.05, 4.69) is 26.6 Å². The van der Waals surface area contributed by atoms with Crippen LogP contribution in [-0.2, 0) is 11.2 Å². The molecule has 0 spiro atoms. The minimum Gasteiger partial charge on any atom is -0.367 e. The summed E-state index contributed by atoms with van der Waals surface area (Å²) < 4.78 is 0.922. The molecule has 26 heavy (non-hydrogen) atoms. The van der Waals surface area contributed by atoms with Crippen molar-refractivity contribution in [1.82, 2.24) is 15.2 Å². The number of carbonyl (C=O) groups is 1. The molecule has 3 aromatic heterocycles. The van der Waals surface area contributed by atoms with Crippen LogP contribution in [0.4, 0.5) is 5.82 Å². The molecule has 0 bridgehead atoms. The van der Waals surface area contributed by atoms with Gasteiger partial charge in [-0.1, -0.05) is 23.7 Å². The van der Waals surface area contributed by atoms with Crippen LogP contribution in [0.15, 0.2) is 48.8 Å². The molecule has 0 unspecified atom stereocenters. The van der Waals surface area contributed by atoms with Crippen LogP contribution in [-0.4, -0.2) is 21.1 Å². The summed E-state index contributed by atoms with van der Waals surface area (Å²) in [6.45, 7) is 1.47. The molecule has 4 rings (SSSR count). The molecule has 0 aliphatic rings. The standard InChI is InChI=1S/C19H15ClN4OS/c1-11(25)22-19-18-15(16(23-24-19)8-12-6-7-21-10-12)9-17(26-18)13-2-4-14(20)5-3-13/h2-7,9-10,21H,8H2,1H3,(H,22,24,25). The molecule has 0 aliphatic heterocycles. The van der Waals surface area contributed by atoms with E-state index in [1.54, 1.807) is 11.3 Å². The van der Waals surface area contributed by atoms with E-state index in [1.165, 1.54) is 6.92 Å². The van der Waals surface area contributed by atoms with Crippen molar-refractivity contribution >= 4 is 44.7 Å². The first kappa shape index (κ1) is 16.8. The molecule has 7 heteroatoms. The zero-order valence-electron chi connectivity index (χ0n) is 13.9. The summed E-state index contributed by atoms with van der Waals surface area (Å²) in [4.78, 5) is 15.7. The predicted molar refractivity (Wildman–Crippen MR) is 106 cm³/mol. The summed E-state index contributed by atoms with van der Waals surface area (Å²) in [5.74, 6) is 0.330. The van der Waals surface area contributed by atoms with E-state index in [1.807, 2.05) is 42.7 Å². The number of carbonyl (C=O) groups excluding carboxylic acids is 1. The topological polar surface area (TPSA) is 70.7 Å². The molecule has 3 heterocycles. The number of hydrogen-bond donors (Lipinski definition) is 2. The fraction of sp³-hybridized carbons (Fsp3) is 0.105. The van der Waals surface area contributed by atoms with Gasteiger partial charge in [-0.2, -0.15) is 5.10 Å². The van der Waals surface area contributed by atoms with E-state index < -0.39 is 0 Å². The number of fused-ring (bicyclic) bond motifs is 1. The van der Waals surface area contributed by atoms with Crippen molar-refractivity contribution in [3.05, 3.63) is 65.1 Å². The second-order valence-corrected chi connectivity index (χ2v) is 7.42. The first-order chi connectivity index (χ1) is 12.6. The molecule has 0 fully saturated rings. The van der Waals surface area contributed by atoms with E-state index in [0.29, 0.717) is 17.3 Å². The van der Waals surface area contributed by atoms with Gasteiger partial charge in [0.2, 0.25) is 5.91 Å². The number of nitrogens with zero attached hydrogens (tertiary/aromatic N) is 2. The van der Waals surface area contributed by atoms with Crippen molar-refractivity contribution < 1.29 is 4.79 Å². The van der Waals surface area contributed by atoms with Crippen LogP contribution in [0.5, 0.6) is 0 Å². The van der Waals surface area contributed by atoms with Gasteiger partial charge < -0.3 is 10.3 Å². The molecule has 130 valence electrons. The predicted octanol–water partition coefficient (Wildman–Crippen LogP) is 4.89. The molecule has 0 radical (unpaired) electrons. The van der Waals surface area contributed by atoms with Gasteiger partial charge in [0, 0.05) is 41.0 Å². The molecular formula is C19H15ClN4OS. The lowest BCUT2D eigenvalue weighted by Gasteiger charge is -2.05. The average molecular weight is 383 g/mol. The Balaban J connectivity index is 1.85. The van der Waals surface area contributed by atoms with Crippen molar-refractivity contribution in [2.45, 2.75) is 13.3 Å². The summed E-state index contributed by atoms with van der Waals surface area (Å²) in [5, 5.41) is 13.1. The van der Waals surface area contributed by atoms with Crippen molar-refractivity contribution in [1.29, 1.82) is 0 Å². The Bertz CT molecular complexity index is 1070. The number of benzene rings is 1. The summed E-state index contributed by atoms with van der Waals surface area (Å²) in [6, 6.07) is 11.8. The molecule has 2 N–H and O–H groups in total. The number of halogens is 1. The summed E-state index contributed by atoms with van der Waals surface area (Å²) in [7, 11) is 0. The number of amides is 1. The smallest absolute Gasteiger partial charge is 0.222 e. The van der Waals surface area contributed by atoms with Gasteiger partial charge in [0.25, 0.3) is 0 Å². The number of thiophene rings is 1. The highest BCUT2D eigenvalue weighted by Gasteiger charge is 2.16. The van der Waals surface area contributed by atoms with Gasteiger partial charge in [-0.15, -0.1) is 16.4 Å². The number of rotatable bonds is 4. The molecule has 0 saturated carbocycles. The largest absolute Gasteiger partial charge is 0.367 e. The Hall–Kier alpha value is -2.70. The Labute approximate surface area is 159 Å². The molecule has 0 aliphatic carbocycles. The third kappa shape index (κ3) is 3.34. The molecule has 1 amide bonds. The van der Waals surface area contributed by atoms with Gasteiger partial charge in [-0.25, -0.2) is 0 Å². The van der Waals surface area contributed by atoms with Gasteiger partial charge in [-0.05, 0) is 35.4 Å².